The molecular formula is C19H13O. The molecule has 1 radical (unpaired) electrons. The van der Waals surface area contributed by atoms with Crippen molar-refractivity contribution in [3.8, 4) is 22.6 Å². The first-order valence-electron chi connectivity index (χ1n) is 6.76. The zero-order chi connectivity index (χ0) is 13.4. The third-order valence-corrected chi connectivity index (χ3v) is 3.65. The summed E-state index contributed by atoms with van der Waals surface area (Å²) in [6.45, 7) is 0. The fraction of sp³-hybridized carbons (Fsp3) is 0.0526. The number of hydrogen-bond acceptors (Lipinski definition) is 1. The van der Waals surface area contributed by atoms with Crippen LogP contribution >= 0.6 is 0 Å². The van der Waals surface area contributed by atoms with Gasteiger partial charge in [0.25, 0.3) is 0 Å². The minimum atomic E-state index is 0.780. The fourth-order valence-electron chi connectivity index (χ4n) is 2.71. The van der Waals surface area contributed by atoms with Gasteiger partial charge in [-0.3, -0.25) is 0 Å². The molecule has 0 atom stereocenters. The summed E-state index contributed by atoms with van der Waals surface area (Å²) in [5.74, 6) is 1.63. The van der Waals surface area contributed by atoms with Crippen molar-refractivity contribution in [1.29, 1.82) is 0 Å². The summed E-state index contributed by atoms with van der Waals surface area (Å²) in [7, 11) is 0. The monoisotopic (exact) mass is 257 g/mol. The van der Waals surface area contributed by atoms with Gasteiger partial charge < -0.3 is 4.74 Å². The van der Waals surface area contributed by atoms with Crippen LogP contribution in [0.25, 0.3) is 11.1 Å². The molecule has 0 fully saturated rings. The maximum absolute atomic E-state index is 5.85. The number of hydrogen-bond donors (Lipinski definition) is 0. The maximum Gasteiger partial charge on any atom is 0.135 e. The summed E-state index contributed by atoms with van der Waals surface area (Å²) < 4.78 is 5.85. The van der Waals surface area contributed by atoms with Gasteiger partial charge in [0, 0.05) is 6.07 Å². The predicted molar refractivity (Wildman–Crippen MR) is 80.0 cm³/mol. The van der Waals surface area contributed by atoms with Crippen molar-refractivity contribution in [2.45, 2.75) is 6.42 Å². The molecule has 0 aromatic heterocycles. The molecule has 0 N–H and O–H groups in total. The summed E-state index contributed by atoms with van der Waals surface area (Å²) in [5, 5.41) is 0. The molecule has 0 unspecified atom stereocenters. The average Bonchev–Trinajstić information content (AvgIpc) is 2.86. The molecule has 0 amide bonds. The van der Waals surface area contributed by atoms with Gasteiger partial charge in [-0.25, -0.2) is 0 Å². The van der Waals surface area contributed by atoms with Crippen molar-refractivity contribution in [3.05, 3.63) is 83.9 Å². The summed E-state index contributed by atoms with van der Waals surface area (Å²) >= 11 is 0. The third-order valence-electron chi connectivity index (χ3n) is 3.65. The van der Waals surface area contributed by atoms with Crippen molar-refractivity contribution >= 4 is 0 Å². The average molecular weight is 257 g/mol. The van der Waals surface area contributed by atoms with E-state index >= 15 is 0 Å². The van der Waals surface area contributed by atoms with Crippen molar-refractivity contribution in [1.82, 2.24) is 0 Å². The number of para-hydroxylation sites is 1. The van der Waals surface area contributed by atoms with Crippen LogP contribution in [0.15, 0.2) is 66.7 Å². The van der Waals surface area contributed by atoms with Crippen LogP contribution in [0.5, 0.6) is 11.5 Å². The second kappa shape index (κ2) is 4.53. The van der Waals surface area contributed by atoms with Crippen LogP contribution in [0.2, 0.25) is 0 Å². The minimum absolute atomic E-state index is 0.780. The van der Waals surface area contributed by atoms with Crippen LogP contribution in [0.1, 0.15) is 11.1 Å². The zero-order valence-corrected chi connectivity index (χ0v) is 11.0. The Labute approximate surface area is 118 Å². The summed E-state index contributed by atoms with van der Waals surface area (Å²) in [6, 6.07) is 25.9. The van der Waals surface area contributed by atoms with Gasteiger partial charge in [0.15, 0.2) is 0 Å². The minimum Gasteiger partial charge on any atom is -0.457 e. The SMILES string of the molecule is [c]1c(Oc2ccccc2)ccc2c1Cc1ccccc1-2. The standard InChI is InChI=1S/C19H13O/c1-2-7-16(8-3-1)20-17-10-11-19-15(13-17)12-14-6-4-5-9-18(14)19/h1-11H,12H2. The molecule has 0 bridgehead atoms. The van der Waals surface area contributed by atoms with Crippen LogP contribution < -0.4 is 4.74 Å². The van der Waals surface area contributed by atoms with E-state index in [1.165, 1.54) is 22.3 Å². The Hall–Kier alpha value is -2.54. The number of rotatable bonds is 2. The van der Waals surface area contributed by atoms with Gasteiger partial charge in [0.05, 0.1) is 0 Å². The smallest absolute Gasteiger partial charge is 0.135 e. The van der Waals surface area contributed by atoms with E-state index in [2.05, 4.69) is 36.4 Å². The van der Waals surface area contributed by atoms with E-state index in [0.29, 0.717) is 0 Å². The molecule has 0 saturated carbocycles. The molecule has 1 aliphatic rings. The fourth-order valence-corrected chi connectivity index (χ4v) is 2.71. The normalized spacial score (nSPS) is 11.8. The van der Waals surface area contributed by atoms with E-state index in [-0.39, 0.29) is 0 Å². The number of fused-ring (bicyclic) bond motifs is 3. The van der Waals surface area contributed by atoms with Gasteiger partial charge in [-0.05, 0) is 46.9 Å². The van der Waals surface area contributed by atoms with E-state index < -0.39 is 0 Å². The van der Waals surface area contributed by atoms with Crippen molar-refractivity contribution in [3.63, 3.8) is 0 Å². The Balaban J connectivity index is 1.69. The van der Waals surface area contributed by atoms with Crippen molar-refractivity contribution in [2.75, 3.05) is 0 Å². The Kier molecular flexibility index (Phi) is 2.56. The Bertz CT molecular complexity index is 760. The topological polar surface area (TPSA) is 9.23 Å². The Morgan fingerprint density at radius 2 is 1.55 bits per heavy atom. The number of benzene rings is 3. The molecule has 1 aliphatic carbocycles. The molecule has 0 saturated heterocycles. The van der Waals surface area contributed by atoms with Gasteiger partial charge in [-0.15, -0.1) is 0 Å². The van der Waals surface area contributed by atoms with E-state index in [1.54, 1.807) is 0 Å². The van der Waals surface area contributed by atoms with E-state index in [9.17, 15) is 0 Å². The van der Waals surface area contributed by atoms with Gasteiger partial charge in [0.1, 0.15) is 11.5 Å². The molecule has 95 valence electrons. The lowest BCUT2D eigenvalue weighted by molar-refractivity contribution is 0.481. The van der Waals surface area contributed by atoms with Crippen molar-refractivity contribution in [2.24, 2.45) is 0 Å². The second-order valence-electron chi connectivity index (χ2n) is 4.96. The lowest BCUT2D eigenvalue weighted by atomic mass is 10.1. The highest BCUT2D eigenvalue weighted by molar-refractivity contribution is 5.77. The van der Waals surface area contributed by atoms with Crippen LogP contribution in [0.4, 0.5) is 0 Å². The summed E-state index contributed by atoms with van der Waals surface area (Å²) in [6.07, 6.45) is 0.942. The third kappa shape index (κ3) is 1.88. The van der Waals surface area contributed by atoms with Crippen LogP contribution in [0.3, 0.4) is 0 Å². The molecule has 0 aliphatic heterocycles. The van der Waals surface area contributed by atoms with Crippen LogP contribution in [0, 0.1) is 6.07 Å². The molecule has 0 spiro atoms. The molecule has 0 heterocycles. The largest absolute Gasteiger partial charge is 0.457 e. The lowest BCUT2D eigenvalue weighted by Gasteiger charge is -2.07. The highest BCUT2D eigenvalue weighted by Crippen LogP contribution is 2.38. The van der Waals surface area contributed by atoms with Gasteiger partial charge >= 0.3 is 0 Å². The first-order chi connectivity index (χ1) is 9.90. The molecule has 4 rings (SSSR count). The van der Waals surface area contributed by atoms with Gasteiger partial charge in [-0.1, -0.05) is 48.5 Å². The highest BCUT2D eigenvalue weighted by Gasteiger charge is 2.18. The van der Waals surface area contributed by atoms with Crippen LogP contribution in [-0.2, 0) is 6.42 Å². The van der Waals surface area contributed by atoms with E-state index in [0.717, 1.165) is 17.9 Å². The quantitative estimate of drug-likeness (QED) is 0.498. The van der Waals surface area contributed by atoms with E-state index in [1.807, 2.05) is 36.4 Å². The highest BCUT2D eigenvalue weighted by atomic mass is 16.5. The zero-order valence-electron chi connectivity index (χ0n) is 11.0. The number of ether oxygens (including phenoxy) is 1. The molecule has 1 heteroatoms. The summed E-state index contributed by atoms with van der Waals surface area (Å²) in [4.78, 5) is 0. The Morgan fingerprint density at radius 1 is 0.750 bits per heavy atom. The molecular weight excluding hydrogens is 244 g/mol. The predicted octanol–water partition coefficient (Wildman–Crippen LogP) is 4.85. The Morgan fingerprint density at radius 3 is 2.45 bits per heavy atom. The lowest BCUT2D eigenvalue weighted by Crippen LogP contribution is -1.87. The van der Waals surface area contributed by atoms with Gasteiger partial charge in [-0.2, -0.15) is 0 Å². The van der Waals surface area contributed by atoms with Crippen molar-refractivity contribution < 1.29 is 4.74 Å². The summed E-state index contributed by atoms with van der Waals surface area (Å²) in [5.41, 5.74) is 5.20. The molecule has 3 aromatic carbocycles. The first-order valence-corrected chi connectivity index (χ1v) is 6.76. The second-order valence-corrected chi connectivity index (χ2v) is 4.96. The maximum atomic E-state index is 5.85. The van der Waals surface area contributed by atoms with Crippen LogP contribution in [-0.4, -0.2) is 0 Å². The van der Waals surface area contributed by atoms with Gasteiger partial charge in [0.2, 0.25) is 0 Å². The molecule has 20 heavy (non-hydrogen) atoms. The van der Waals surface area contributed by atoms with E-state index in [4.69, 9.17) is 4.74 Å². The molecule has 3 aromatic rings. The molecule has 1 nitrogen and oxygen atoms in total. The first kappa shape index (κ1) is 11.3.